The molecule has 1 unspecified atom stereocenters. The van der Waals surface area contributed by atoms with Crippen molar-refractivity contribution >= 4 is 49.6 Å². The second-order valence-corrected chi connectivity index (χ2v) is 9.61. The summed E-state index contributed by atoms with van der Waals surface area (Å²) < 4.78 is 58.3. The summed E-state index contributed by atoms with van der Waals surface area (Å²) in [5.74, 6) is 0.471. The van der Waals surface area contributed by atoms with E-state index in [1.165, 1.54) is 5.55 Å². The van der Waals surface area contributed by atoms with E-state index >= 15 is 0 Å². The molecular weight excluding hydrogens is 334 g/mol. The van der Waals surface area contributed by atoms with Crippen LogP contribution in [0.1, 0.15) is 20.3 Å². The monoisotopic (exact) mass is 347 g/mol. The Labute approximate surface area is 121 Å². The molecule has 0 fully saturated rings. The van der Waals surface area contributed by atoms with E-state index in [9.17, 15) is 21.4 Å². The van der Waals surface area contributed by atoms with Gasteiger partial charge in [0, 0.05) is 21.8 Å². The highest BCUT2D eigenvalue weighted by Crippen LogP contribution is 2.45. The lowest BCUT2D eigenvalue weighted by molar-refractivity contribution is 0.453. The van der Waals surface area contributed by atoms with Gasteiger partial charge < -0.3 is 4.55 Å². The molecule has 0 aliphatic carbocycles. The van der Waals surface area contributed by atoms with Crippen molar-refractivity contribution in [2.24, 2.45) is 4.99 Å². The first-order valence-corrected chi connectivity index (χ1v) is 9.85. The van der Waals surface area contributed by atoms with Crippen molar-refractivity contribution in [2.75, 3.05) is 5.75 Å². The molecule has 19 heavy (non-hydrogen) atoms. The van der Waals surface area contributed by atoms with Gasteiger partial charge in [-0.2, -0.15) is 24.7 Å². The highest BCUT2D eigenvalue weighted by molar-refractivity contribution is 8.31. The van der Waals surface area contributed by atoms with Crippen molar-refractivity contribution in [1.82, 2.24) is 0 Å². The van der Waals surface area contributed by atoms with Gasteiger partial charge in [-0.3, -0.25) is 4.99 Å². The molecular formula is C8H13NO6S4-. The van der Waals surface area contributed by atoms with Crippen molar-refractivity contribution in [1.29, 1.82) is 0 Å². The summed E-state index contributed by atoms with van der Waals surface area (Å²) in [5.41, 5.74) is 1.90. The largest absolute Gasteiger partial charge is 0.747 e. The van der Waals surface area contributed by atoms with E-state index in [0.29, 0.717) is 22.8 Å². The average molecular weight is 347 g/mol. The lowest BCUT2D eigenvalue weighted by atomic mass is 10.4. The molecule has 0 aromatic carbocycles. The Morgan fingerprint density at radius 3 is 2.53 bits per heavy atom. The fourth-order valence-electron chi connectivity index (χ4n) is 1.15. The zero-order chi connectivity index (χ0) is 14.8. The van der Waals surface area contributed by atoms with Gasteiger partial charge in [0.15, 0.2) is 4.58 Å². The molecule has 0 saturated heterocycles. The summed E-state index contributed by atoms with van der Waals surface area (Å²) >= 11 is 2.77. The van der Waals surface area contributed by atoms with Gasteiger partial charge in [0.1, 0.15) is 10.1 Å². The molecule has 1 aliphatic rings. The van der Waals surface area contributed by atoms with Gasteiger partial charge in [-0.1, -0.05) is 0 Å². The smallest absolute Gasteiger partial charge is 0.294 e. The van der Waals surface area contributed by atoms with E-state index in [4.69, 9.17) is 3.63 Å². The molecule has 0 aromatic rings. The Morgan fingerprint density at radius 2 is 2.05 bits per heavy atom. The summed E-state index contributed by atoms with van der Waals surface area (Å²) in [6.45, 7) is 2.47. The highest BCUT2D eigenvalue weighted by Gasteiger charge is 2.33. The molecule has 1 heterocycles. The Kier molecular flexibility index (Phi) is 5.49. The maximum Gasteiger partial charge on any atom is 0.294 e. The van der Waals surface area contributed by atoms with Gasteiger partial charge >= 0.3 is 0 Å². The van der Waals surface area contributed by atoms with Crippen LogP contribution < -0.4 is 0 Å². The lowest BCUT2D eigenvalue weighted by Crippen LogP contribution is -2.28. The maximum atomic E-state index is 11.7. The van der Waals surface area contributed by atoms with Crippen LogP contribution in [0.5, 0.6) is 0 Å². The van der Waals surface area contributed by atoms with Crippen LogP contribution >= 0.6 is 23.8 Å². The molecule has 1 atom stereocenters. The fraction of sp³-hybridized carbons (Fsp3) is 0.625. The summed E-state index contributed by atoms with van der Waals surface area (Å²) in [6, 6.07) is 0. The molecule has 111 valence electrons. The number of hydrogen-bond acceptors (Lipinski definition) is 8. The van der Waals surface area contributed by atoms with Crippen molar-refractivity contribution in [3.8, 4) is 0 Å². The normalized spacial score (nSPS) is 19.2. The number of rotatable bonds is 6. The zero-order valence-electron chi connectivity index (χ0n) is 10.1. The molecule has 0 aromatic heterocycles. The van der Waals surface area contributed by atoms with Crippen molar-refractivity contribution in [3.05, 3.63) is 10.6 Å². The zero-order valence-corrected chi connectivity index (χ0v) is 13.5. The number of hydrogen-bond donors (Lipinski definition) is 1. The first-order valence-electron chi connectivity index (χ1n) is 5.06. The Bertz CT molecular complexity index is 605. The molecule has 0 saturated carbocycles. The second kappa shape index (κ2) is 6.14. The predicted molar refractivity (Wildman–Crippen MR) is 76.4 cm³/mol. The molecule has 0 amide bonds. The third kappa shape index (κ3) is 4.20. The minimum Gasteiger partial charge on any atom is -0.747 e. The van der Waals surface area contributed by atoms with Gasteiger partial charge in [0.2, 0.25) is 0 Å². The van der Waals surface area contributed by atoms with E-state index in [-0.39, 0.29) is 0 Å². The fourth-order valence-corrected chi connectivity index (χ4v) is 5.73. The molecule has 1 aliphatic heterocycles. The first kappa shape index (κ1) is 17.0. The molecule has 0 N–H and O–H groups in total. The molecule has 0 spiro atoms. The minimum absolute atomic E-state index is 0.464. The van der Waals surface area contributed by atoms with Gasteiger partial charge in [-0.05, 0) is 26.0 Å². The van der Waals surface area contributed by atoms with Crippen molar-refractivity contribution < 1.29 is 25.0 Å². The molecule has 11 heteroatoms. The van der Waals surface area contributed by atoms with E-state index in [1.54, 1.807) is 6.92 Å². The van der Waals surface area contributed by atoms with Crippen LogP contribution in [-0.2, 0) is 23.9 Å². The molecule has 0 bridgehead atoms. The first-order chi connectivity index (χ1) is 8.59. The lowest BCUT2D eigenvalue weighted by Gasteiger charge is -2.19. The summed E-state index contributed by atoms with van der Waals surface area (Å²) in [4.78, 5) is 4.57. The summed E-state index contributed by atoms with van der Waals surface area (Å²) in [5, 5.41) is 0. The topological polar surface area (TPSA) is 113 Å². The molecule has 1 rings (SSSR count). The van der Waals surface area contributed by atoms with Crippen LogP contribution in [0.25, 0.3) is 0 Å². The average Bonchev–Trinajstić information content (AvgIpc) is 2.59. The number of allylic oxidation sites excluding steroid dienone is 2. The van der Waals surface area contributed by atoms with Crippen molar-refractivity contribution in [2.45, 2.75) is 24.9 Å². The third-order valence-electron chi connectivity index (χ3n) is 2.31. The molecule has 7 nitrogen and oxygen atoms in total. The van der Waals surface area contributed by atoms with E-state index < -0.39 is 36.0 Å². The van der Waals surface area contributed by atoms with Gasteiger partial charge in [-0.15, -0.1) is 0 Å². The van der Waals surface area contributed by atoms with Crippen LogP contribution in [0, 0.1) is 0 Å². The van der Waals surface area contributed by atoms with Crippen LogP contribution in [0.4, 0.5) is 0 Å². The SMILES string of the molecule is CC1=C(CCS)[S](OS(=O)(=O)C(C)S(=O)(=O)[O-])C=N1. The Hall–Kier alpha value is -0.0700. The maximum absolute atomic E-state index is 11.7. The van der Waals surface area contributed by atoms with Gasteiger partial charge in [0.25, 0.3) is 10.1 Å². The van der Waals surface area contributed by atoms with Gasteiger partial charge in [0.05, 0.1) is 5.55 Å². The van der Waals surface area contributed by atoms with Crippen LogP contribution in [-0.4, -0.2) is 37.3 Å². The Morgan fingerprint density at radius 1 is 1.47 bits per heavy atom. The van der Waals surface area contributed by atoms with Crippen molar-refractivity contribution in [3.63, 3.8) is 0 Å². The number of aliphatic imine (C=N–C) groups is 1. The highest BCUT2D eigenvalue weighted by atomic mass is 32.3. The van der Waals surface area contributed by atoms with E-state index in [1.807, 2.05) is 0 Å². The Balaban J connectivity index is 2.95. The standard InChI is InChI=1S/C8H14NO6S4/c1-6-8(3-4-16)17(5-9-6)15-19(13,14)7(2)18(10,11)12/h5,7,16H,3-4H2,1-2H3,(H,10,11,12)/p-1. The van der Waals surface area contributed by atoms with Crippen LogP contribution in [0.2, 0.25) is 0 Å². The van der Waals surface area contributed by atoms with Crippen LogP contribution in [0.3, 0.4) is 0 Å². The summed E-state index contributed by atoms with van der Waals surface area (Å²) in [7, 11) is -9.49. The molecule has 1 radical (unpaired) electrons. The van der Waals surface area contributed by atoms with E-state index in [0.717, 1.165) is 6.92 Å². The van der Waals surface area contributed by atoms with E-state index in [2.05, 4.69) is 17.6 Å². The van der Waals surface area contributed by atoms with Crippen LogP contribution in [0.15, 0.2) is 15.6 Å². The summed E-state index contributed by atoms with van der Waals surface area (Å²) in [6.07, 6.45) is 0.464. The third-order valence-corrected chi connectivity index (χ3v) is 8.20. The quantitative estimate of drug-likeness (QED) is 0.566. The number of thiol groups is 1. The van der Waals surface area contributed by atoms with Gasteiger partial charge in [-0.25, -0.2) is 8.42 Å². The predicted octanol–water partition coefficient (Wildman–Crippen LogP) is 1.00. The number of nitrogens with zero attached hydrogens (tertiary/aromatic N) is 1. The second-order valence-electron chi connectivity index (χ2n) is 3.64. The minimum atomic E-state index is -4.98.